The molecule has 2 aliphatic carbocycles. The molecule has 0 amide bonds. The summed E-state index contributed by atoms with van der Waals surface area (Å²) in [5, 5.41) is 5.26. The molecule has 1 heterocycles. The molecular formula is C26H18N+. The van der Waals surface area contributed by atoms with Gasteiger partial charge in [0.05, 0.1) is 21.6 Å². The third-order valence-electron chi connectivity index (χ3n) is 5.81. The Morgan fingerprint density at radius 2 is 1.44 bits per heavy atom. The first-order chi connectivity index (χ1) is 13.3. The Labute approximate surface area is 157 Å². The summed E-state index contributed by atoms with van der Waals surface area (Å²) in [6.45, 7) is 0. The van der Waals surface area contributed by atoms with Crippen LogP contribution in [0, 0.1) is 10.6 Å². The lowest BCUT2D eigenvalue weighted by molar-refractivity contribution is -0.670. The number of fused-ring (bicyclic) bond motifs is 5. The number of nitrogens with zero attached hydrogens (tertiary/aromatic N) is 1. The van der Waals surface area contributed by atoms with Gasteiger partial charge >= 0.3 is 0 Å². The number of benzene rings is 3. The second-order valence-corrected chi connectivity index (χ2v) is 7.29. The lowest BCUT2D eigenvalue weighted by Gasteiger charge is -2.09. The highest BCUT2D eigenvalue weighted by molar-refractivity contribution is 5.87. The maximum absolute atomic E-state index is 2.39. The summed E-state index contributed by atoms with van der Waals surface area (Å²) in [6, 6.07) is 28.2. The predicted molar refractivity (Wildman–Crippen MR) is 109 cm³/mol. The summed E-state index contributed by atoms with van der Waals surface area (Å²) in [4.78, 5) is 0. The van der Waals surface area contributed by atoms with E-state index in [1.165, 1.54) is 54.5 Å². The Kier molecular flexibility index (Phi) is 2.87. The van der Waals surface area contributed by atoms with Crippen molar-refractivity contribution in [2.24, 2.45) is 7.05 Å². The average molecular weight is 344 g/mol. The monoisotopic (exact) mass is 344 g/mol. The Bertz CT molecular complexity index is 1460. The second-order valence-electron chi connectivity index (χ2n) is 7.29. The topological polar surface area (TPSA) is 3.88 Å². The fourth-order valence-corrected chi connectivity index (χ4v) is 4.69. The minimum Gasteiger partial charge on any atom is -0.193 e. The van der Waals surface area contributed by atoms with Crippen molar-refractivity contribution >= 4 is 12.2 Å². The number of pyridine rings is 1. The normalized spacial score (nSPS) is 12.5. The highest BCUT2D eigenvalue weighted by atomic mass is 14.9. The van der Waals surface area contributed by atoms with Crippen molar-refractivity contribution < 1.29 is 4.57 Å². The standard InChI is InChI=1S/C26H18N/c1-27-25-20-13-7-5-11-18(20)15-22(25)24(17-9-3-2-4-10-17)23-16-19-12-6-8-14-21(19)26(23)27/h2-16H,1H3/q+1. The molecule has 1 aromatic heterocycles. The SMILES string of the molecule is C[n+]1c2c(c(-c3ccccc3)c3c1=c1ccccc1=C3)=Cc1ccccc1-2. The molecule has 27 heavy (non-hydrogen) atoms. The number of hydrogen-bond donors (Lipinski definition) is 0. The van der Waals surface area contributed by atoms with Gasteiger partial charge in [0.1, 0.15) is 7.05 Å². The predicted octanol–water partition coefficient (Wildman–Crippen LogP) is 3.42. The van der Waals surface area contributed by atoms with Crippen LogP contribution < -0.4 is 15.0 Å². The van der Waals surface area contributed by atoms with Gasteiger partial charge in [0, 0.05) is 5.56 Å². The Morgan fingerprint density at radius 3 is 2.33 bits per heavy atom. The van der Waals surface area contributed by atoms with E-state index in [0.29, 0.717) is 0 Å². The van der Waals surface area contributed by atoms with Crippen LogP contribution in [0.3, 0.4) is 0 Å². The Morgan fingerprint density at radius 1 is 0.704 bits per heavy atom. The van der Waals surface area contributed by atoms with E-state index in [1.807, 2.05) is 0 Å². The first kappa shape index (κ1) is 14.7. The summed E-state index contributed by atoms with van der Waals surface area (Å²) in [5.41, 5.74) is 7.88. The van der Waals surface area contributed by atoms with Crippen LogP contribution in [0.4, 0.5) is 0 Å². The molecule has 0 radical (unpaired) electrons. The molecule has 0 unspecified atom stereocenters. The molecule has 0 saturated heterocycles. The lowest BCUT2D eigenvalue weighted by atomic mass is 9.97. The smallest absolute Gasteiger partial charge is 0.193 e. The number of aromatic nitrogens is 1. The van der Waals surface area contributed by atoms with Crippen LogP contribution in [0.2, 0.25) is 0 Å². The Hall–Kier alpha value is -3.45. The van der Waals surface area contributed by atoms with E-state index in [4.69, 9.17) is 0 Å². The minimum atomic E-state index is 1.28. The summed E-state index contributed by atoms with van der Waals surface area (Å²) >= 11 is 0. The van der Waals surface area contributed by atoms with E-state index in [-0.39, 0.29) is 0 Å². The van der Waals surface area contributed by atoms with Gasteiger partial charge < -0.3 is 0 Å². The molecule has 1 heteroatoms. The zero-order valence-electron chi connectivity index (χ0n) is 15.1. The van der Waals surface area contributed by atoms with Crippen molar-refractivity contribution in [3.8, 4) is 22.4 Å². The van der Waals surface area contributed by atoms with Crippen LogP contribution in [0.1, 0.15) is 11.1 Å². The molecule has 126 valence electrons. The van der Waals surface area contributed by atoms with Gasteiger partial charge in [-0.3, -0.25) is 0 Å². The van der Waals surface area contributed by atoms with Crippen LogP contribution in [-0.4, -0.2) is 0 Å². The van der Waals surface area contributed by atoms with Crippen LogP contribution in [-0.2, 0) is 7.05 Å². The first-order valence-corrected chi connectivity index (χ1v) is 9.36. The van der Waals surface area contributed by atoms with Gasteiger partial charge in [0.15, 0.2) is 0 Å². The maximum atomic E-state index is 2.39. The highest BCUT2D eigenvalue weighted by Crippen LogP contribution is 2.30. The quantitative estimate of drug-likeness (QED) is 0.403. The molecule has 4 aromatic rings. The van der Waals surface area contributed by atoms with Gasteiger partial charge in [-0.15, -0.1) is 0 Å². The fourth-order valence-electron chi connectivity index (χ4n) is 4.69. The fraction of sp³-hybridized carbons (Fsp3) is 0.0385. The minimum absolute atomic E-state index is 1.28. The van der Waals surface area contributed by atoms with Crippen molar-refractivity contribution in [2.75, 3.05) is 0 Å². The number of rotatable bonds is 1. The van der Waals surface area contributed by atoms with Crippen LogP contribution in [0.5, 0.6) is 0 Å². The van der Waals surface area contributed by atoms with E-state index < -0.39 is 0 Å². The average Bonchev–Trinajstić information content (AvgIpc) is 3.28. The van der Waals surface area contributed by atoms with Crippen molar-refractivity contribution in [1.82, 2.24) is 0 Å². The molecule has 0 bridgehead atoms. The number of hydrogen-bond acceptors (Lipinski definition) is 0. The molecule has 0 spiro atoms. The molecule has 1 nitrogen and oxygen atoms in total. The third kappa shape index (κ3) is 1.91. The molecule has 6 rings (SSSR count). The second kappa shape index (κ2) is 5.28. The summed E-state index contributed by atoms with van der Waals surface area (Å²) < 4.78 is 2.39. The van der Waals surface area contributed by atoms with Gasteiger partial charge in [0.25, 0.3) is 0 Å². The maximum Gasteiger partial charge on any atom is 0.221 e. The molecule has 2 aliphatic rings. The molecule has 0 atom stereocenters. The van der Waals surface area contributed by atoms with Gasteiger partial charge in [-0.05, 0) is 40.6 Å². The lowest BCUT2D eigenvalue weighted by Crippen LogP contribution is -2.39. The van der Waals surface area contributed by atoms with Crippen molar-refractivity contribution in [3.63, 3.8) is 0 Å². The summed E-state index contributed by atoms with van der Waals surface area (Å²) in [6.07, 6.45) is 4.70. The largest absolute Gasteiger partial charge is 0.221 e. The zero-order chi connectivity index (χ0) is 18.0. The van der Waals surface area contributed by atoms with E-state index in [2.05, 4.69) is 103 Å². The van der Waals surface area contributed by atoms with Crippen molar-refractivity contribution in [1.29, 1.82) is 0 Å². The zero-order valence-corrected chi connectivity index (χ0v) is 15.1. The van der Waals surface area contributed by atoms with Crippen molar-refractivity contribution in [2.45, 2.75) is 0 Å². The van der Waals surface area contributed by atoms with Crippen molar-refractivity contribution in [3.05, 3.63) is 111 Å². The third-order valence-corrected chi connectivity index (χ3v) is 5.81. The molecule has 0 N–H and O–H groups in total. The van der Waals surface area contributed by atoms with Gasteiger partial charge in [0.2, 0.25) is 11.0 Å². The highest BCUT2D eigenvalue weighted by Gasteiger charge is 2.29. The molecular weight excluding hydrogens is 326 g/mol. The summed E-state index contributed by atoms with van der Waals surface area (Å²) in [7, 11) is 2.21. The summed E-state index contributed by atoms with van der Waals surface area (Å²) in [5.74, 6) is 0. The van der Waals surface area contributed by atoms with E-state index >= 15 is 0 Å². The first-order valence-electron chi connectivity index (χ1n) is 9.36. The van der Waals surface area contributed by atoms with E-state index in [9.17, 15) is 0 Å². The molecule has 0 saturated carbocycles. The van der Waals surface area contributed by atoms with E-state index in [1.54, 1.807) is 0 Å². The molecule has 3 aromatic carbocycles. The van der Waals surface area contributed by atoms with Gasteiger partial charge in [-0.1, -0.05) is 66.7 Å². The Balaban J connectivity index is 1.91. The molecule has 0 aliphatic heterocycles. The van der Waals surface area contributed by atoms with Crippen LogP contribution in [0.15, 0.2) is 78.9 Å². The van der Waals surface area contributed by atoms with Crippen LogP contribution in [0.25, 0.3) is 34.5 Å². The van der Waals surface area contributed by atoms with Gasteiger partial charge in [-0.25, -0.2) is 0 Å². The van der Waals surface area contributed by atoms with E-state index in [0.717, 1.165) is 0 Å². The molecule has 0 fully saturated rings. The van der Waals surface area contributed by atoms with Gasteiger partial charge in [-0.2, -0.15) is 4.57 Å². The van der Waals surface area contributed by atoms with Crippen LogP contribution >= 0.6 is 0 Å².